The summed E-state index contributed by atoms with van der Waals surface area (Å²) in [6.07, 6.45) is 1.34. The van der Waals surface area contributed by atoms with Crippen LogP contribution in [0.5, 0.6) is 0 Å². The third-order valence-corrected chi connectivity index (χ3v) is 0.803. The highest BCUT2D eigenvalue weighted by atomic mass is 79.9. The summed E-state index contributed by atoms with van der Waals surface area (Å²) in [5.74, 6) is 4.08. The Morgan fingerprint density at radius 3 is 2.44 bits per heavy atom. The maximum Gasteiger partial charge on any atom is 0.363 e. The lowest BCUT2D eigenvalue weighted by Gasteiger charge is -1.93. The van der Waals surface area contributed by atoms with Crippen LogP contribution >= 0.6 is 15.9 Å². The van der Waals surface area contributed by atoms with E-state index in [9.17, 15) is 8.78 Å². The molecular weight excluding hydrogens is 190 g/mol. The number of rotatable bonds is 1. The topological polar surface area (TPSA) is 0 Å². The van der Waals surface area contributed by atoms with Crippen LogP contribution in [0, 0.1) is 11.8 Å². The van der Waals surface area contributed by atoms with Gasteiger partial charge in [0.15, 0.2) is 0 Å². The van der Waals surface area contributed by atoms with Crippen molar-refractivity contribution in [1.82, 2.24) is 0 Å². The van der Waals surface area contributed by atoms with Gasteiger partial charge in [-0.3, -0.25) is 0 Å². The highest BCUT2D eigenvalue weighted by Crippen LogP contribution is 2.19. The van der Waals surface area contributed by atoms with Crippen LogP contribution < -0.4 is 0 Å². The Bertz CT molecular complexity index is 126. The van der Waals surface area contributed by atoms with Crippen molar-refractivity contribution in [3.63, 3.8) is 0 Å². The van der Waals surface area contributed by atoms with E-state index in [1.807, 2.05) is 6.92 Å². The summed E-state index contributed by atoms with van der Waals surface area (Å²) in [6, 6.07) is 0. The molecule has 0 amide bonds. The highest BCUT2D eigenvalue weighted by Gasteiger charge is 2.18. The molecule has 0 radical (unpaired) electrons. The summed E-state index contributed by atoms with van der Waals surface area (Å²) in [4.78, 5) is -3.00. The lowest BCUT2D eigenvalue weighted by atomic mass is 10.3. The average Bonchev–Trinajstić information content (AvgIpc) is 1.63. The SMILES string of the molecule is CCCC#CC(F)(F)Br. The van der Waals surface area contributed by atoms with Gasteiger partial charge in [0, 0.05) is 22.4 Å². The van der Waals surface area contributed by atoms with Crippen molar-refractivity contribution in [3.05, 3.63) is 0 Å². The lowest BCUT2D eigenvalue weighted by Crippen LogP contribution is -1.97. The van der Waals surface area contributed by atoms with E-state index in [4.69, 9.17) is 0 Å². The largest absolute Gasteiger partial charge is 0.363 e. The van der Waals surface area contributed by atoms with E-state index in [1.54, 1.807) is 5.92 Å². The van der Waals surface area contributed by atoms with Gasteiger partial charge in [-0.2, -0.15) is 8.78 Å². The highest BCUT2D eigenvalue weighted by molar-refractivity contribution is 9.10. The van der Waals surface area contributed by atoms with E-state index in [2.05, 4.69) is 21.9 Å². The monoisotopic (exact) mass is 196 g/mol. The summed E-state index contributed by atoms with van der Waals surface area (Å²) in [5.41, 5.74) is 0. The van der Waals surface area contributed by atoms with Crippen molar-refractivity contribution >= 4 is 15.9 Å². The minimum absolute atomic E-state index is 0.529. The minimum atomic E-state index is -3.00. The second-order valence-electron chi connectivity index (χ2n) is 1.55. The van der Waals surface area contributed by atoms with Crippen molar-refractivity contribution in [3.8, 4) is 11.8 Å². The van der Waals surface area contributed by atoms with Gasteiger partial charge in [0.25, 0.3) is 0 Å². The van der Waals surface area contributed by atoms with Crippen molar-refractivity contribution in [2.45, 2.75) is 24.6 Å². The molecule has 9 heavy (non-hydrogen) atoms. The molecule has 0 atom stereocenters. The van der Waals surface area contributed by atoms with Crippen molar-refractivity contribution in [2.75, 3.05) is 0 Å². The van der Waals surface area contributed by atoms with Crippen LogP contribution in [0.25, 0.3) is 0 Å². The van der Waals surface area contributed by atoms with E-state index < -0.39 is 4.83 Å². The number of hydrogen-bond acceptors (Lipinski definition) is 0. The molecule has 0 aromatic carbocycles. The van der Waals surface area contributed by atoms with Crippen molar-refractivity contribution < 1.29 is 8.78 Å². The fraction of sp³-hybridized carbons (Fsp3) is 0.667. The van der Waals surface area contributed by atoms with E-state index in [0.29, 0.717) is 6.42 Å². The van der Waals surface area contributed by atoms with E-state index in [0.717, 1.165) is 6.42 Å². The fourth-order valence-corrected chi connectivity index (χ4v) is 0.428. The normalized spacial score (nSPS) is 10.2. The second-order valence-corrected chi connectivity index (χ2v) is 2.55. The molecule has 0 spiro atoms. The quantitative estimate of drug-likeness (QED) is 0.447. The molecule has 0 aliphatic heterocycles. The van der Waals surface area contributed by atoms with E-state index in [1.165, 1.54) is 0 Å². The molecule has 0 rings (SSSR count). The fourth-order valence-electron chi connectivity index (χ4n) is 0.288. The summed E-state index contributed by atoms with van der Waals surface area (Å²) >= 11 is 2.10. The van der Waals surface area contributed by atoms with Crippen LogP contribution in [-0.4, -0.2) is 4.83 Å². The number of hydrogen-bond donors (Lipinski definition) is 0. The Morgan fingerprint density at radius 1 is 1.56 bits per heavy atom. The number of unbranched alkanes of at least 4 members (excludes halogenated alkanes) is 1. The molecule has 0 bridgehead atoms. The van der Waals surface area contributed by atoms with E-state index >= 15 is 0 Å². The van der Waals surface area contributed by atoms with Crippen molar-refractivity contribution in [1.29, 1.82) is 0 Å². The molecule has 0 fully saturated rings. The van der Waals surface area contributed by atoms with Gasteiger partial charge in [0.2, 0.25) is 0 Å². The third-order valence-electron chi connectivity index (χ3n) is 0.605. The zero-order valence-corrected chi connectivity index (χ0v) is 6.63. The lowest BCUT2D eigenvalue weighted by molar-refractivity contribution is 0.182. The first-order valence-corrected chi connectivity index (χ1v) is 3.42. The standard InChI is InChI=1S/C6H7BrF2/c1-2-3-4-5-6(7,8)9/h2-3H2,1H3. The van der Waals surface area contributed by atoms with Gasteiger partial charge >= 0.3 is 4.83 Å². The van der Waals surface area contributed by atoms with Gasteiger partial charge < -0.3 is 0 Å². The molecular formula is C6H7BrF2. The minimum Gasteiger partial charge on any atom is -0.180 e. The van der Waals surface area contributed by atoms with Gasteiger partial charge in [-0.05, 0) is 12.3 Å². The zero-order valence-electron chi connectivity index (χ0n) is 5.05. The molecule has 3 heteroatoms. The van der Waals surface area contributed by atoms with E-state index in [-0.39, 0.29) is 0 Å². The Labute approximate surface area is 61.8 Å². The Balaban J connectivity index is 3.59. The molecule has 52 valence electrons. The second kappa shape index (κ2) is 3.84. The molecule has 0 nitrogen and oxygen atoms in total. The van der Waals surface area contributed by atoms with Gasteiger partial charge in [-0.25, -0.2) is 0 Å². The molecule has 0 aromatic rings. The van der Waals surface area contributed by atoms with Crippen LogP contribution in [0.15, 0.2) is 0 Å². The molecule has 0 aliphatic carbocycles. The Hall–Kier alpha value is -0.100. The van der Waals surface area contributed by atoms with Crippen LogP contribution in [0.2, 0.25) is 0 Å². The smallest absolute Gasteiger partial charge is 0.180 e. The molecule has 0 heterocycles. The van der Waals surface area contributed by atoms with Crippen LogP contribution in [0.4, 0.5) is 8.78 Å². The van der Waals surface area contributed by atoms with Crippen LogP contribution in [0.1, 0.15) is 19.8 Å². The number of alkyl halides is 3. The first kappa shape index (κ1) is 8.90. The third kappa shape index (κ3) is 7.90. The molecule has 0 N–H and O–H groups in total. The van der Waals surface area contributed by atoms with Crippen LogP contribution in [0.3, 0.4) is 0 Å². The van der Waals surface area contributed by atoms with Gasteiger partial charge in [0.05, 0.1) is 0 Å². The van der Waals surface area contributed by atoms with Gasteiger partial charge in [-0.15, -0.1) is 0 Å². The summed E-state index contributed by atoms with van der Waals surface area (Å²) in [6.45, 7) is 1.89. The maximum atomic E-state index is 11.8. The summed E-state index contributed by atoms with van der Waals surface area (Å²) in [7, 11) is 0. The summed E-state index contributed by atoms with van der Waals surface area (Å²) < 4.78 is 23.6. The first-order valence-electron chi connectivity index (χ1n) is 2.63. The molecule has 0 saturated carbocycles. The predicted octanol–water partition coefficient (Wildman–Crippen LogP) is 2.78. The average molecular weight is 197 g/mol. The first-order chi connectivity index (χ1) is 4.06. The van der Waals surface area contributed by atoms with Gasteiger partial charge in [0.1, 0.15) is 0 Å². The Morgan fingerprint density at radius 2 is 2.11 bits per heavy atom. The molecule has 0 aromatic heterocycles. The summed E-state index contributed by atoms with van der Waals surface area (Å²) in [5, 5.41) is 0. The van der Waals surface area contributed by atoms with Gasteiger partial charge in [-0.1, -0.05) is 12.8 Å². The molecule has 0 aliphatic rings. The number of halogens is 3. The maximum absolute atomic E-state index is 11.8. The zero-order chi connectivity index (χ0) is 7.33. The Kier molecular flexibility index (Phi) is 3.79. The molecule has 0 saturated heterocycles. The van der Waals surface area contributed by atoms with Crippen LogP contribution in [-0.2, 0) is 0 Å². The predicted molar refractivity (Wildman–Crippen MR) is 36.6 cm³/mol. The van der Waals surface area contributed by atoms with Crippen molar-refractivity contribution in [2.24, 2.45) is 0 Å². The molecule has 0 unspecified atom stereocenters.